The summed E-state index contributed by atoms with van der Waals surface area (Å²) in [6.07, 6.45) is 0.232. The summed E-state index contributed by atoms with van der Waals surface area (Å²) in [5.74, 6) is 0.0381. The smallest absolute Gasteiger partial charge is 0.243 e. The molecule has 0 spiro atoms. The Morgan fingerprint density at radius 2 is 2.06 bits per heavy atom. The monoisotopic (exact) mass is 231 g/mol. The molecule has 3 N–H and O–H groups in total. The van der Waals surface area contributed by atoms with Crippen LogP contribution in [0.5, 0.6) is 0 Å². The number of rotatable bonds is 4. The van der Waals surface area contributed by atoms with Gasteiger partial charge in [0.1, 0.15) is 5.52 Å². The Hall–Kier alpha value is -2.24. The van der Waals surface area contributed by atoms with Crippen molar-refractivity contribution in [1.82, 2.24) is 15.2 Å². The Bertz CT molecular complexity index is 542. The van der Waals surface area contributed by atoms with Crippen LogP contribution in [0.1, 0.15) is 13.3 Å². The summed E-state index contributed by atoms with van der Waals surface area (Å²) < 4.78 is 0. The minimum Gasteiger partial charge on any atom is -0.370 e. The maximum Gasteiger partial charge on any atom is 0.243 e. The molecule has 0 aliphatic rings. The fraction of sp³-hybridized carbons (Fsp3) is 0.273. The molecule has 0 saturated carbocycles. The summed E-state index contributed by atoms with van der Waals surface area (Å²) in [5, 5.41) is 10.9. The number of fused-ring (bicyclic) bond motifs is 1. The second kappa shape index (κ2) is 4.73. The van der Waals surface area contributed by atoms with Gasteiger partial charge in [0.2, 0.25) is 11.9 Å². The van der Waals surface area contributed by atoms with Crippen molar-refractivity contribution in [3.63, 3.8) is 0 Å². The Balaban J connectivity index is 2.16. The van der Waals surface area contributed by atoms with E-state index in [9.17, 15) is 4.79 Å². The predicted octanol–water partition coefficient (Wildman–Crippen LogP) is 0.701. The molecule has 0 fully saturated rings. The van der Waals surface area contributed by atoms with E-state index in [1.165, 1.54) is 0 Å². The first-order valence-electron chi connectivity index (χ1n) is 5.29. The van der Waals surface area contributed by atoms with Gasteiger partial charge in [0, 0.05) is 12.5 Å². The van der Waals surface area contributed by atoms with E-state index in [0.29, 0.717) is 5.95 Å². The van der Waals surface area contributed by atoms with Crippen LogP contribution in [0.4, 0.5) is 5.95 Å². The first-order chi connectivity index (χ1) is 8.15. The van der Waals surface area contributed by atoms with Gasteiger partial charge in [0.05, 0.1) is 5.52 Å². The number of aromatic nitrogens is 3. The molecule has 6 nitrogen and oxygen atoms in total. The van der Waals surface area contributed by atoms with Crippen molar-refractivity contribution in [1.29, 1.82) is 0 Å². The third kappa shape index (κ3) is 2.87. The first kappa shape index (κ1) is 11.3. The van der Waals surface area contributed by atoms with Crippen molar-refractivity contribution < 1.29 is 4.79 Å². The number of nitrogens with one attached hydrogen (secondary N) is 1. The minimum absolute atomic E-state index is 0.115. The number of hydrogen-bond acceptors (Lipinski definition) is 5. The number of carbonyl (C=O) groups excluding carboxylic acids is 1. The summed E-state index contributed by atoms with van der Waals surface area (Å²) >= 11 is 0. The molecule has 0 aliphatic carbocycles. The van der Waals surface area contributed by atoms with Crippen LogP contribution in [0, 0.1) is 0 Å². The maximum atomic E-state index is 10.7. The highest BCUT2D eigenvalue weighted by Gasteiger charge is 2.08. The molecule has 1 atom stereocenters. The zero-order chi connectivity index (χ0) is 12.3. The summed E-state index contributed by atoms with van der Waals surface area (Å²) in [4.78, 5) is 15.0. The Morgan fingerprint density at radius 1 is 1.35 bits per heavy atom. The van der Waals surface area contributed by atoms with Crippen molar-refractivity contribution in [2.75, 3.05) is 5.32 Å². The second-order valence-corrected chi connectivity index (χ2v) is 3.84. The molecule has 6 heteroatoms. The topological polar surface area (TPSA) is 93.8 Å². The highest BCUT2D eigenvalue weighted by atomic mass is 16.1. The number of nitrogens with two attached hydrogens (primary N) is 1. The lowest BCUT2D eigenvalue weighted by Gasteiger charge is -2.11. The molecule has 17 heavy (non-hydrogen) atoms. The molecule has 0 bridgehead atoms. The van der Waals surface area contributed by atoms with E-state index in [-0.39, 0.29) is 18.4 Å². The van der Waals surface area contributed by atoms with Crippen LogP contribution in [-0.2, 0) is 4.79 Å². The molecule has 1 amide bonds. The molecule has 88 valence electrons. The molecule has 2 aromatic rings. The van der Waals surface area contributed by atoms with Crippen LogP contribution >= 0.6 is 0 Å². The molecule has 1 heterocycles. The van der Waals surface area contributed by atoms with Crippen LogP contribution in [-0.4, -0.2) is 27.1 Å². The van der Waals surface area contributed by atoms with Crippen LogP contribution in [0.2, 0.25) is 0 Å². The number of amides is 1. The van der Waals surface area contributed by atoms with Crippen LogP contribution in [0.25, 0.3) is 11.0 Å². The van der Waals surface area contributed by atoms with Gasteiger partial charge in [0.15, 0.2) is 0 Å². The van der Waals surface area contributed by atoms with E-state index in [0.717, 1.165) is 11.0 Å². The average Bonchev–Trinajstić information content (AvgIpc) is 2.27. The van der Waals surface area contributed by atoms with Gasteiger partial charge in [-0.15, -0.1) is 10.2 Å². The number of carbonyl (C=O) groups is 1. The zero-order valence-electron chi connectivity index (χ0n) is 9.42. The fourth-order valence-corrected chi connectivity index (χ4v) is 1.52. The zero-order valence-corrected chi connectivity index (χ0v) is 9.42. The van der Waals surface area contributed by atoms with E-state index in [2.05, 4.69) is 20.5 Å². The van der Waals surface area contributed by atoms with E-state index in [1.54, 1.807) is 0 Å². The van der Waals surface area contributed by atoms with Gasteiger partial charge in [0.25, 0.3) is 0 Å². The van der Waals surface area contributed by atoms with E-state index in [1.807, 2.05) is 31.2 Å². The van der Waals surface area contributed by atoms with Gasteiger partial charge < -0.3 is 11.1 Å². The Kier molecular flexibility index (Phi) is 3.13. The number of primary amides is 1. The Morgan fingerprint density at radius 3 is 2.76 bits per heavy atom. The van der Waals surface area contributed by atoms with E-state index in [4.69, 9.17) is 5.73 Å². The molecular weight excluding hydrogens is 218 g/mol. The number of benzene rings is 1. The van der Waals surface area contributed by atoms with Crippen molar-refractivity contribution >= 4 is 22.9 Å². The average molecular weight is 231 g/mol. The molecule has 0 saturated heterocycles. The molecule has 1 aromatic carbocycles. The fourth-order valence-electron chi connectivity index (χ4n) is 1.52. The molecule has 2 rings (SSSR count). The van der Waals surface area contributed by atoms with Crippen LogP contribution in [0.3, 0.4) is 0 Å². The van der Waals surface area contributed by atoms with E-state index < -0.39 is 0 Å². The van der Waals surface area contributed by atoms with Gasteiger partial charge in [-0.05, 0) is 19.1 Å². The molecular formula is C11H13N5O. The number of anilines is 1. The third-order valence-electron chi connectivity index (χ3n) is 2.24. The number of hydrogen-bond donors (Lipinski definition) is 2. The lowest BCUT2D eigenvalue weighted by Crippen LogP contribution is -2.25. The summed E-state index contributed by atoms with van der Waals surface area (Å²) in [6.45, 7) is 1.84. The standard InChI is InChI=1S/C11H13N5O/c1-7(6-10(12)17)13-11-14-8-4-2-3-5-9(8)15-16-11/h2-5,7H,6H2,1H3,(H2,12,17)(H,13,14,16). The van der Waals surface area contributed by atoms with Crippen molar-refractivity contribution in [3.8, 4) is 0 Å². The number of para-hydroxylation sites is 1. The molecule has 0 aliphatic heterocycles. The lowest BCUT2D eigenvalue weighted by atomic mass is 10.2. The summed E-state index contributed by atoms with van der Waals surface area (Å²) in [6, 6.07) is 7.34. The summed E-state index contributed by atoms with van der Waals surface area (Å²) in [7, 11) is 0. The van der Waals surface area contributed by atoms with Crippen LogP contribution in [0.15, 0.2) is 24.3 Å². The van der Waals surface area contributed by atoms with Gasteiger partial charge in [-0.3, -0.25) is 4.79 Å². The molecule has 1 unspecified atom stereocenters. The van der Waals surface area contributed by atoms with Crippen molar-refractivity contribution in [3.05, 3.63) is 24.3 Å². The molecule has 0 radical (unpaired) electrons. The second-order valence-electron chi connectivity index (χ2n) is 3.84. The maximum absolute atomic E-state index is 10.7. The van der Waals surface area contributed by atoms with Gasteiger partial charge in [-0.1, -0.05) is 12.1 Å². The van der Waals surface area contributed by atoms with Gasteiger partial charge >= 0.3 is 0 Å². The third-order valence-corrected chi connectivity index (χ3v) is 2.24. The van der Waals surface area contributed by atoms with Crippen molar-refractivity contribution in [2.24, 2.45) is 5.73 Å². The highest BCUT2D eigenvalue weighted by molar-refractivity contribution is 5.75. The summed E-state index contributed by atoms with van der Waals surface area (Å²) in [5.41, 5.74) is 6.60. The van der Waals surface area contributed by atoms with Gasteiger partial charge in [-0.25, -0.2) is 4.98 Å². The first-order valence-corrected chi connectivity index (χ1v) is 5.29. The van der Waals surface area contributed by atoms with Gasteiger partial charge in [-0.2, -0.15) is 0 Å². The SMILES string of the molecule is CC(CC(N)=O)Nc1nnc2ccccc2n1. The quantitative estimate of drug-likeness (QED) is 0.807. The lowest BCUT2D eigenvalue weighted by molar-refractivity contribution is -0.118. The molecule has 1 aromatic heterocycles. The Labute approximate surface area is 98.3 Å². The van der Waals surface area contributed by atoms with Crippen molar-refractivity contribution in [2.45, 2.75) is 19.4 Å². The normalized spacial score (nSPS) is 12.3. The predicted molar refractivity (Wildman–Crippen MR) is 64.2 cm³/mol. The highest BCUT2D eigenvalue weighted by Crippen LogP contribution is 2.09. The number of nitrogens with zero attached hydrogens (tertiary/aromatic N) is 3. The minimum atomic E-state index is -0.362. The van der Waals surface area contributed by atoms with Crippen LogP contribution < -0.4 is 11.1 Å². The largest absolute Gasteiger partial charge is 0.370 e. The van der Waals surface area contributed by atoms with E-state index >= 15 is 0 Å².